The quantitative estimate of drug-likeness (QED) is 0.736. The average Bonchev–Trinajstić information content (AvgIpc) is 3.03. The van der Waals surface area contributed by atoms with Crippen LogP contribution >= 0.6 is 38.6 Å². The molecule has 0 aliphatic carbocycles. The van der Waals surface area contributed by atoms with Gasteiger partial charge in [-0.3, -0.25) is 0 Å². The zero-order valence-electron chi connectivity index (χ0n) is 12.9. The zero-order chi connectivity index (χ0) is 15.4. The molecule has 0 spiro atoms. The Kier molecular flexibility index (Phi) is 6.22. The number of aromatic nitrogens is 1. The van der Waals surface area contributed by atoms with Crippen LogP contribution in [0.25, 0.3) is 0 Å². The van der Waals surface area contributed by atoms with Crippen LogP contribution in [0, 0.1) is 0 Å². The first-order valence-corrected chi connectivity index (χ1v) is 9.64. The lowest BCUT2D eigenvalue weighted by Gasteiger charge is -2.14. The van der Waals surface area contributed by atoms with E-state index in [1.807, 2.05) is 11.3 Å². The zero-order valence-corrected chi connectivity index (χ0v) is 16.2. The van der Waals surface area contributed by atoms with Crippen molar-refractivity contribution in [2.75, 3.05) is 18.5 Å². The summed E-state index contributed by atoms with van der Waals surface area (Å²) in [6, 6.07) is 2.18. The van der Waals surface area contributed by atoms with Gasteiger partial charge in [0.25, 0.3) is 0 Å². The van der Waals surface area contributed by atoms with Gasteiger partial charge in [-0.2, -0.15) is 0 Å². The van der Waals surface area contributed by atoms with Gasteiger partial charge in [-0.05, 0) is 34.5 Å². The molecular weight excluding hydrogens is 366 g/mol. The lowest BCUT2D eigenvalue weighted by Crippen LogP contribution is -2.15. The van der Waals surface area contributed by atoms with E-state index in [1.165, 1.54) is 15.4 Å². The Morgan fingerprint density at radius 2 is 2.19 bits per heavy atom. The molecule has 0 saturated heterocycles. The van der Waals surface area contributed by atoms with E-state index in [0.29, 0.717) is 5.92 Å². The maximum absolute atomic E-state index is 4.86. The second kappa shape index (κ2) is 7.72. The van der Waals surface area contributed by atoms with E-state index in [4.69, 9.17) is 4.98 Å². The molecule has 0 radical (unpaired) electrons. The minimum Gasteiger partial charge on any atom is -0.346 e. The lowest BCUT2D eigenvalue weighted by molar-refractivity contribution is 0.713. The molecule has 0 aromatic carbocycles. The molecular formula is C15H22BrN3S2. The van der Waals surface area contributed by atoms with Crippen molar-refractivity contribution in [2.45, 2.75) is 39.8 Å². The van der Waals surface area contributed by atoms with Gasteiger partial charge in [0.1, 0.15) is 0 Å². The molecule has 6 heteroatoms. The number of thiophene rings is 1. The number of anilines is 1. The Hall–Kier alpha value is -0.430. The van der Waals surface area contributed by atoms with E-state index in [-0.39, 0.29) is 0 Å². The van der Waals surface area contributed by atoms with Gasteiger partial charge >= 0.3 is 0 Å². The minimum absolute atomic E-state index is 0.466. The fourth-order valence-corrected chi connectivity index (χ4v) is 4.72. The van der Waals surface area contributed by atoms with Gasteiger partial charge in [-0.1, -0.05) is 20.8 Å². The second-order valence-electron chi connectivity index (χ2n) is 5.33. The van der Waals surface area contributed by atoms with Gasteiger partial charge in [0.2, 0.25) is 0 Å². The summed E-state index contributed by atoms with van der Waals surface area (Å²) >= 11 is 7.10. The number of rotatable bonds is 7. The SMILES string of the molecule is CCNCc1sc(N(C)Cc2cc(Br)cs2)nc1C(C)C. The summed E-state index contributed by atoms with van der Waals surface area (Å²) in [5, 5.41) is 6.65. The number of halogens is 1. The minimum atomic E-state index is 0.466. The smallest absolute Gasteiger partial charge is 0.185 e. The summed E-state index contributed by atoms with van der Waals surface area (Å²) in [5.74, 6) is 0.466. The van der Waals surface area contributed by atoms with Crippen LogP contribution in [0.1, 0.15) is 42.1 Å². The van der Waals surface area contributed by atoms with Gasteiger partial charge in [0, 0.05) is 33.2 Å². The summed E-state index contributed by atoms with van der Waals surface area (Å²) in [5.41, 5.74) is 1.23. The second-order valence-corrected chi connectivity index (χ2v) is 8.30. The van der Waals surface area contributed by atoms with E-state index >= 15 is 0 Å². The molecule has 3 nitrogen and oxygen atoms in total. The largest absolute Gasteiger partial charge is 0.346 e. The molecule has 0 unspecified atom stereocenters. The number of nitrogens with one attached hydrogen (secondary N) is 1. The molecule has 2 heterocycles. The number of hydrogen-bond acceptors (Lipinski definition) is 5. The normalized spacial score (nSPS) is 11.3. The van der Waals surface area contributed by atoms with E-state index in [2.05, 4.69) is 65.4 Å². The number of hydrogen-bond donors (Lipinski definition) is 1. The van der Waals surface area contributed by atoms with Crippen LogP contribution in [0.3, 0.4) is 0 Å². The van der Waals surface area contributed by atoms with Gasteiger partial charge in [0.15, 0.2) is 5.13 Å². The Balaban J connectivity index is 2.14. The molecule has 0 atom stereocenters. The molecule has 0 fully saturated rings. The fraction of sp³-hybridized carbons (Fsp3) is 0.533. The van der Waals surface area contributed by atoms with Crippen LogP contribution in [0.15, 0.2) is 15.9 Å². The Morgan fingerprint density at radius 1 is 1.43 bits per heavy atom. The highest BCUT2D eigenvalue weighted by atomic mass is 79.9. The van der Waals surface area contributed by atoms with Crippen molar-refractivity contribution in [3.05, 3.63) is 31.4 Å². The summed E-state index contributed by atoms with van der Waals surface area (Å²) in [7, 11) is 2.12. The van der Waals surface area contributed by atoms with E-state index in [9.17, 15) is 0 Å². The van der Waals surface area contributed by atoms with E-state index < -0.39 is 0 Å². The van der Waals surface area contributed by atoms with Gasteiger partial charge < -0.3 is 10.2 Å². The van der Waals surface area contributed by atoms with Crippen molar-refractivity contribution in [3.8, 4) is 0 Å². The van der Waals surface area contributed by atoms with Crippen LogP contribution in [0.5, 0.6) is 0 Å². The molecule has 1 N–H and O–H groups in total. The monoisotopic (exact) mass is 387 g/mol. The fourth-order valence-electron chi connectivity index (χ4n) is 2.07. The van der Waals surface area contributed by atoms with Crippen LogP contribution in [-0.4, -0.2) is 18.6 Å². The molecule has 2 aromatic rings. The third-order valence-corrected chi connectivity index (χ3v) is 6.01. The first-order chi connectivity index (χ1) is 10.0. The van der Waals surface area contributed by atoms with Crippen molar-refractivity contribution in [3.63, 3.8) is 0 Å². The maximum Gasteiger partial charge on any atom is 0.185 e. The van der Waals surface area contributed by atoms with Crippen LogP contribution in [0.4, 0.5) is 5.13 Å². The standard InChI is InChI=1S/C15H22BrN3S2/c1-5-17-7-13-14(10(2)3)18-15(21-13)19(4)8-12-6-11(16)9-20-12/h6,9-10,17H,5,7-8H2,1-4H3. The first-order valence-electron chi connectivity index (χ1n) is 7.15. The highest BCUT2D eigenvalue weighted by molar-refractivity contribution is 9.10. The maximum atomic E-state index is 4.86. The summed E-state index contributed by atoms with van der Waals surface area (Å²) in [6.45, 7) is 9.37. The lowest BCUT2D eigenvalue weighted by atomic mass is 10.1. The average molecular weight is 388 g/mol. The van der Waals surface area contributed by atoms with Crippen molar-refractivity contribution < 1.29 is 0 Å². The van der Waals surface area contributed by atoms with Crippen LogP contribution < -0.4 is 10.2 Å². The topological polar surface area (TPSA) is 28.2 Å². The molecule has 116 valence electrons. The first kappa shape index (κ1) is 16.9. The van der Waals surface area contributed by atoms with Crippen molar-refractivity contribution >= 4 is 43.7 Å². The summed E-state index contributed by atoms with van der Waals surface area (Å²) in [6.07, 6.45) is 0. The summed E-state index contributed by atoms with van der Waals surface area (Å²) in [4.78, 5) is 9.81. The third kappa shape index (κ3) is 4.52. The molecule has 0 saturated carbocycles. The van der Waals surface area contributed by atoms with E-state index in [1.54, 1.807) is 11.3 Å². The van der Waals surface area contributed by atoms with Crippen molar-refractivity contribution in [1.29, 1.82) is 0 Å². The highest BCUT2D eigenvalue weighted by Gasteiger charge is 2.16. The highest BCUT2D eigenvalue weighted by Crippen LogP contribution is 2.31. The summed E-state index contributed by atoms with van der Waals surface area (Å²) < 4.78 is 1.16. The molecule has 0 aliphatic rings. The van der Waals surface area contributed by atoms with Crippen molar-refractivity contribution in [1.82, 2.24) is 10.3 Å². The predicted molar refractivity (Wildman–Crippen MR) is 97.7 cm³/mol. The number of thiazole rings is 1. The van der Waals surface area contributed by atoms with Gasteiger partial charge in [-0.25, -0.2) is 4.98 Å². The Bertz CT molecular complexity index is 577. The Labute approximate surface area is 143 Å². The third-order valence-electron chi connectivity index (χ3n) is 3.14. The molecule has 0 amide bonds. The molecule has 2 aromatic heterocycles. The van der Waals surface area contributed by atoms with Crippen molar-refractivity contribution in [2.24, 2.45) is 0 Å². The van der Waals surface area contributed by atoms with Gasteiger partial charge in [-0.15, -0.1) is 22.7 Å². The predicted octanol–water partition coefficient (Wildman–Crippen LogP) is 4.84. The molecule has 2 rings (SSSR count). The molecule has 21 heavy (non-hydrogen) atoms. The van der Waals surface area contributed by atoms with Crippen LogP contribution in [0.2, 0.25) is 0 Å². The Morgan fingerprint density at radius 3 is 2.76 bits per heavy atom. The molecule has 0 aliphatic heterocycles. The molecule has 0 bridgehead atoms. The van der Waals surface area contributed by atoms with Gasteiger partial charge in [0.05, 0.1) is 12.2 Å². The van der Waals surface area contributed by atoms with E-state index in [0.717, 1.165) is 29.2 Å². The van der Waals surface area contributed by atoms with Crippen LogP contribution in [-0.2, 0) is 13.1 Å². The number of nitrogens with zero attached hydrogens (tertiary/aromatic N) is 2.